The summed E-state index contributed by atoms with van der Waals surface area (Å²) in [6.45, 7) is 5.93. The zero-order valence-corrected chi connectivity index (χ0v) is 19.3. The van der Waals surface area contributed by atoms with Crippen LogP contribution in [0, 0.1) is 25.2 Å². The molecule has 8 nitrogen and oxygen atoms in total. The number of nitrogens with zero attached hydrogens (tertiary/aromatic N) is 4. The van der Waals surface area contributed by atoms with Gasteiger partial charge in [-0.3, -0.25) is 4.79 Å². The first-order valence-electron chi connectivity index (χ1n) is 11.1. The van der Waals surface area contributed by atoms with E-state index in [1.165, 1.54) is 0 Å². The second-order valence-corrected chi connectivity index (χ2v) is 8.35. The van der Waals surface area contributed by atoms with Crippen molar-refractivity contribution in [3.05, 3.63) is 65.0 Å². The Morgan fingerprint density at radius 3 is 2.47 bits per heavy atom. The quantitative estimate of drug-likeness (QED) is 0.445. The Kier molecular flexibility index (Phi) is 5.46. The predicted octanol–water partition coefficient (Wildman–Crippen LogP) is 4.55. The van der Waals surface area contributed by atoms with E-state index >= 15 is 0 Å². The smallest absolute Gasteiger partial charge is 0.290 e. The number of ether oxygens (including phenoxy) is 1. The van der Waals surface area contributed by atoms with Crippen molar-refractivity contribution in [2.75, 3.05) is 38.2 Å². The molecule has 34 heavy (non-hydrogen) atoms. The minimum atomic E-state index is -0.122. The van der Waals surface area contributed by atoms with E-state index in [1.54, 1.807) is 12.0 Å². The number of hydrogen-bond acceptors (Lipinski definition) is 7. The fourth-order valence-corrected chi connectivity index (χ4v) is 4.25. The summed E-state index contributed by atoms with van der Waals surface area (Å²) in [6, 6.07) is 15.4. The van der Waals surface area contributed by atoms with Crippen molar-refractivity contribution in [1.29, 1.82) is 5.26 Å². The number of methoxy groups -OCH3 is 1. The topological polar surface area (TPSA) is 95.7 Å². The van der Waals surface area contributed by atoms with Gasteiger partial charge in [-0.2, -0.15) is 10.2 Å². The van der Waals surface area contributed by atoms with E-state index in [2.05, 4.69) is 11.1 Å². The van der Waals surface area contributed by atoms with Gasteiger partial charge in [-0.25, -0.2) is 0 Å². The lowest BCUT2D eigenvalue weighted by Crippen LogP contribution is -2.49. The molecule has 0 radical (unpaired) electrons. The van der Waals surface area contributed by atoms with Gasteiger partial charge in [-0.05, 0) is 49.7 Å². The Morgan fingerprint density at radius 2 is 1.79 bits per heavy atom. The van der Waals surface area contributed by atoms with Crippen LogP contribution in [0.25, 0.3) is 22.4 Å². The first-order valence-corrected chi connectivity index (χ1v) is 11.1. The molecule has 5 rings (SSSR count). The highest BCUT2D eigenvalue weighted by Gasteiger charge is 2.29. The van der Waals surface area contributed by atoms with Crippen molar-refractivity contribution < 1.29 is 18.4 Å². The Hall–Kier alpha value is -4.25. The number of amides is 1. The van der Waals surface area contributed by atoms with Crippen LogP contribution in [0.4, 0.5) is 5.88 Å². The van der Waals surface area contributed by atoms with Crippen molar-refractivity contribution in [2.24, 2.45) is 0 Å². The van der Waals surface area contributed by atoms with Crippen molar-refractivity contribution in [2.45, 2.75) is 13.8 Å². The fourth-order valence-electron chi connectivity index (χ4n) is 4.25. The third-order valence-corrected chi connectivity index (χ3v) is 6.19. The fraction of sp³-hybridized carbons (Fsp3) is 0.269. The lowest BCUT2D eigenvalue weighted by Gasteiger charge is -2.34. The number of aryl methyl sites for hydroxylation is 2. The molecule has 8 heteroatoms. The lowest BCUT2D eigenvalue weighted by molar-refractivity contribution is 0.0714. The number of nitriles is 1. The maximum absolute atomic E-state index is 13.2. The molecule has 0 N–H and O–H groups in total. The number of furan rings is 1. The lowest BCUT2D eigenvalue weighted by atomic mass is 10.1. The van der Waals surface area contributed by atoms with E-state index in [4.69, 9.17) is 13.6 Å². The third-order valence-electron chi connectivity index (χ3n) is 6.19. The van der Waals surface area contributed by atoms with E-state index < -0.39 is 0 Å². The van der Waals surface area contributed by atoms with Crippen LogP contribution in [-0.4, -0.2) is 49.1 Å². The number of carbonyl (C=O) groups is 1. The van der Waals surface area contributed by atoms with Gasteiger partial charge in [-0.15, -0.1) is 0 Å². The van der Waals surface area contributed by atoms with Gasteiger partial charge in [0.05, 0.1) is 7.11 Å². The number of aromatic nitrogens is 1. The summed E-state index contributed by atoms with van der Waals surface area (Å²) in [4.78, 5) is 21.3. The second kappa shape index (κ2) is 8.60. The van der Waals surface area contributed by atoms with E-state index in [1.807, 2.05) is 61.2 Å². The molecule has 2 aromatic heterocycles. The molecule has 2 aromatic carbocycles. The average Bonchev–Trinajstić information content (AvgIpc) is 3.45. The maximum Gasteiger partial charge on any atom is 0.290 e. The van der Waals surface area contributed by atoms with Crippen molar-refractivity contribution >= 4 is 22.8 Å². The Balaban J connectivity index is 1.32. The van der Waals surface area contributed by atoms with Crippen LogP contribution in [0.2, 0.25) is 0 Å². The number of rotatable bonds is 4. The van der Waals surface area contributed by atoms with Crippen molar-refractivity contribution in [3.63, 3.8) is 0 Å². The Morgan fingerprint density at radius 1 is 1.06 bits per heavy atom. The number of anilines is 1. The van der Waals surface area contributed by atoms with Gasteiger partial charge in [0, 0.05) is 42.7 Å². The van der Waals surface area contributed by atoms with Crippen LogP contribution in [0.5, 0.6) is 5.75 Å². The van der Waals surface area contributed by atoms with Crippen LogP contribution in [0.3, 0.4) is 0 Å². The summed E-state index contributed by atoms with van der Waals surface area (Å²) in [7, 11) is 1.60. The maximum atomic E-state index is 13.2. The number of benzene rings is 2. The number of hydrogen-bond donors (Lipinski definition) is 0. The number of piperazine rings is 1. The standard InChI is InChI=1S/C26H24N4O4/c1-16-4-9-20-17(2)23(33-22(20)14-16)25(31)29-10-12-30(13-11-29)26-21(15-27)28-24(34-26)18-5-7-19(32-3)8-6-18/h4-9,14H,10-13H2,1-3H3. The predicted molar refractivity (Wildman–Crippen MR) is 127 cm³/mol. The van der Waals surface area contributed by atoms with Gasteiger partial charge in [0.25, 0.3) is 5.91 Å². The molecule has 1 aliphatic rings. The molecular weight excluding hydrogens is 432 g/mol. The molecule has 3 heterocycles. The zero-order valence-electron chi connectivity index (χ0n) is 19.3. The van der Waals surface area contributed by atoms with Gasteiger partial charge in [0.2, 0.25) is 17.5 Å². The van der Waals surface area contributed by atoms with Gasteiger partial charge in [0.1, 0.15) is 17.4 Å². The molecule has 172 valence electrons. The van der Waals surface area contributed by atoms with E-state index in [9.17, 15) is 10.1 Å². The van der Waals surface area contributed by atoms with Gasteiger partial charge in [0.15, 0.2) is 5.76 Å². The van der Waals surface area contributed by atoms with Crippen LogP contribution < -0.4 is 9.64 Å². The molecular formula is C26H24N4O4. The average molecular weight is 457 g/mol. The monoisotopic (exact) mass is 456 g/mol. The highest BCUT2D eigenvalue weighted by Crippen LogP contribution is 2.31. The molecule has 1 fully saturated rings. The summed E-state index contributed by atoms with van der Waals surface area (Å²) in [6.07, 6.45) is 0. The van der Waals surface area contributed by atoms with Crippen LogP contribution in [-0.2, 0) is 0 Å². The highest BCUT2D eigenvalue weighted by molar-refractivity contribution is 5.99. The van der Waals surface area contributed by atoms with E-state index in [-0.39, 0.29) is 11.6 Å². The number of oxazole rings is 1. The van der Waals surface area contributed by atoms with Crippen LogP contribution >= 0.6 is 0 Å². The first kappa shape index (κ1) is 21.6. The summed E-state index contributed by atoms with van der Waals surface area (Å²) in [5.41, 5.74) is 3.66. The summed E-state index contributed by atoms with van der Waals surface area (Å²) in [5.74, 6) is 1.79. The molecule has 0 bridgehead atoms. The molecule has 1 aliphatic heterocycles. The molecule has 0 spiro atoms. The van der Waals surface area contributed by atoms with Gasteiger partial charge >= 0.3 is 0 Å². The minimum absolute atomic E-state index is 0.122. The molecule has 4 aromatic rings. The molecule has 1 amide bonds. The van der Waals surface area contributed by atoms with Crippen molar-refractivity contribution in [3.8, 4) is 23.3 Å². The molecule has 0 unspecified atom stereocenters. The van der Waals surface area contributed by atoms with Crippen molar-refractivity contribution in [1.82, 2.24) is 9.88 Å². The van der Waals surface area contributed by atoms with Crippen LogP contribution in [0.15, 0.2) is 51.3 Å². The highest BCUT2D eigenvalue weighted by atomic mass is 16.5. The van der Waals surface area contributed by atoms with E-state index in [0.29, 0.717) is 43.7 Å². The Labute approximate surface area is 197 Å². The minimum Gasteiger partial charge on any atom is -0.497 e. The second-order valence-electron chi connectivity index (χ2n) is 8.35. The summed E-state index contributed by atoms with van der Waals surface area (Å²) < 4.78 is 17.1. The normalized spacial score (nSPS) is 13.8. The van der Waals surface area contributed by atoms with Gasteiger partial charge in [-0.1, -0.05) is 12.1 Å². The SMILES string of the molecule is COc1ccc(-c2nc(C#N)c(N3CCN(C(=O)c4oc5cc(C)ccc5c4C)CC3)o2)cc1. The summed E-state index contributed by atoms with van der Waals surface area (Å²) >= 11 is 0. The van der Waals surface area contributed by atoms with E-state index in [0.717, 1.165) is 33.4 Å². The van der Waals surface area contributed by atoms with Crippen LogP contribution in [0.1, 0.15) is 27.4 Å². The van der Waals surface area contributed by atoms with Gasteiger partial charge < -0.3 is 23.4 Å². The molecule has 0 saturated carbocycles. The number of carbonyl (C=O) groups excluding carboxylic acids is 1. The number of fused-ring (bicyclic) bond motifs is 1. The first-order chi connectivity index (χ1) is 16.5. The summed E-state index contributed by atoms with van der Waals surface area (Å²) in [5, 5.41) is 10.6. The zero-order chi connectivity index (χ0) is 23.8. The molecule has 0 atom stereocenters. The molecule has 1 saturated heterocycles. The third kappa shape index (κ3) is 3.75. The molecule has 0 aliphatic carbocycles. The largest absolute Gasteiger partial charge is 0.497 e. The Bertz CT molecular complexity index is 1400.